The Labute approximate surface area is 152 Å². The topological polar surface area (TPSA) is 49.7 Å². The van der Waals surface area contributed by atoms with E-state index in [2.05, 4.69) is 52.8 Å². The van der Waals surface area contributed by atoms with Crippen LogP contribution in [0.4, 0.5) is 5.69 Å². The molecule has 0 atom stereocenters. The number of Topliss-reactive ketones (excluding diaryl/α,β-unsaturated/α-hetero) is 1. The van der Waals surface area contributed by atoms with Crippen molar-refractivity contribution in [2.75, 3.05) is 0 Å². The van der Waals surface area contributed by atoms with Gasteiger partial charge in [0.25, 0.3) is 0 Å². The third-order valence-corrected chi connectivity index (χ3v) is 4.99. The van der Waals surface area contributed by atoms with Crippen molar-refractivity contribution in [3.63, 3.8) is 0 Å². The van der Waals surface area contributed by atoms with Crippen molar-refractivity contribution >= 4 is 65.0 Å². The summed E-state index contributed by atoms with van der Waals surface area (Å²) < 4.78 is 1.50. The predicted octanol–water partition coefficient (Wildman–Crippen LogP) is 5.51. The summed E-state index contributed by atoms with van der Waals surface area (Å²) in [6, 6.07) is 11.0. The molecule has 3 nitrogen and oxygen atoms in total. The minimum Gasteiger partial charge on any atom is -0.506 e. The zero-order valence-corrected chi connectivity index (χ0v) is 15.7. The number of fused-ring (bicyclic) bond motifs is 1. The number of rotatable bonds is 1. The van der Waals surface area contributed by atoms with Crippen molar-refractivity contribution in [2.45, 2.75) is 0 Å². The molecule has 110 valence electrons. The minimum atomic E-state index is -0.198. The van der Waals surface area contributed by atoms with Crippen molar-refractivity contribution in [1.82, 2.24) is 0 Å². The second-order valence-electron chi connectivity index (χ2n) is 4.59. The lowest BCUT2D eigenvalue weighted by atomic mass is 9.93. The molecule has 22 heavy (non-hydrogen) atoms. The van der Waals surface area contributed by atoms with Gasteiger partial charge in [0.1, 0.15) is 5.75 Å². The highest BCUT2D eigenvalue weighted by molar-refractivity contribution is 9.12. The summed E-state index contributed by atoms with van der Waals surface area (Å²) >= 11 is 9.95. The van der Waals surface area contributed by atoms with Crippen molar-refractivity contribution in [2.24, 2.45) is 4.99 Å². The largest absolute Gasteiger partial charge is 0.506 e. The fraction of sp³-hybridized carbons (Fsp3) is 0. The average Bonchev–Trinajstić information content (AvgIpc) is 2.49. The summed E-state index contributed by atoms with van der Waals surface area (Å²) in [6.45, 7) is 0. The average molecular weight is 486 g/mol. The number of para-hydroxylation sites is 1. The van der Waals surface area contributed by atoms with Crippen LogP contribution in [0.25, 0.3) is 0 Å². The third kappa shape index (κ3) is 2.71. The highest BCUT2D eigenvalue weighted by Crippen LogP contribution is 2.40. The van der Waals surface area contributed by atoms with E-state index in [-0.39, 0.29) is 11.5 Å². The Hall–Kier alpha value is -1.24. The van der Waals surface area contributed by atoms with E-state index in [0.717, 1.165) is 5.69 Å². The van der Waals surface area contributed by atoms with Crippen molar-refractivity contribution in [1.29, 1.82) is 0 Å². The highest BCUT2D eigenvalue weighted by Gasteiger charge is 2.29. The molecule has 0 amide bonds. The first-order valence-electron chi connectivity index (χ1n) is 6.26. The molecular weight excluding hydrogens is 478 g/mol. The Morgan fingerprint density at radius 2 is 1.64 bits per heavy atom. The summed E-state index contributed by atoms with van der Waals surface area (Å²) in [5, 5.41) is 10.4. The standard InChI is InChI=1S/C16H8Br3NO2/c17-9-6-10(18)16(22)14-12(7-11(19)15(21)13(9)14)20-8-4-2-1-3-5-8/h1-7,22H. The summed E-state index contributed by atoms with van der Waals surface area (Å²) in [6.07, 6.45) is 1.62. The van der Waals surface area contributed by atoms with E-state index in [0.29, 0.717) is 30.3 Å². The number of nitrogens with zero attached hydrogens (tertiary/aromatic N) is 1. The lowest BCUT2D eigenvalue weighted by Gasteiger charge is -2.18. The van der Waals surface area contributed by atoms with Gasteiger partial charge in [0.15, 0.2) is 0 Å². The van der Waals surface area contributed by atoms with E-state index in [4.69, 9.17) is 0 Å². The number of phenols is 1. The van der Waals surface area contributed by atoms with E-state index in [1.807, 2.05) is 30.3 Å². The lowest BCUT2D eigenvalue weighted by Crippen LogP contribution is -2.16. The van der Waals surface area contributed by atoms with Crippen molar-refractivity contribution < 1.29 is 9.90 Å². The first-order chi connectivity index (χ1) is 10.5. The van der Waals surface area contributed by atoms with Crippen LogP contribution in [0.3, 0.4) is 0 Å². The number of carbonyl (C=O) groups is 1. The van der Waals surface area contributed by atoms with Crippen LogP contribution in [0.5, 0.6) is 5.75 Å². The van der Waals surface area contributed by atoms with Crippen molar-refractivity contribution in [3.8, 4) is 5.75 Å². The second kappa shape index (κ2) is 6.10. The molecule has 2 aromatic rings. The van der Waals surface area contributed by atoms with Gasteiger partial charge in [-0.2, -0.15) is 0 Å². The fourth-order valence-electron chi connectivity index (χ4n) is 2.19. The molecule has 1 aliphatic rings. The van der Waals surface area contributed by atoms with Crippen LogP contribution in [-0.4, -0.2) is 16.6 Å². The van der Waals surface area contributed by atoms with Gasteiger partial charge in [-0.05, 0) is 72.1 Å². The molecule has 0 aliphatic heterocycles. The van der Waals surface area contributed by atoms with Crippen LogP contribution in [0.1, 0.15) is 15.9 Å². The van der Waals surface area contributed by atoms with E-state index >= 15 is 0 Å². The Bertz CT molecular complexity index is 842. The van der Waals surface area contributed by atoms with Gasteiger partial charge in [0, 0.05) is 4.47 Å². The van der Waals surface area contributed by atoms with E-state index in [9.17, 15) is 9.90 Å². The number of phenolic OH excluding ortho intramolecular Hbond substituents is 1. The molecule has 0 bridgehead atoms. The van der Waals surface area contributed by atoms with Crippen LogP contribution in [0, 0.1) is 0 Å². The molecular formula is C16H8Br3NO2. The Morgan fingerprint density at radius 1 is 0.955 bits per heavy atom. The molecule has 0 saturated heterocycles. The lowest BCUT2D eigenvalue weighted by molar-refractivity contribution is 0.104. The zero-order valence-electron chi connectivity index (χ0n) is 11.0. The first-order valence-corrected chi connectivity index (χ1v) is 8.64. The van der Waals surface area contributed by atoms with Gasteiger partial charge in [0.05, 0.1) is 31.5 Å². The zero-order chi connectivity index (χ0) is 15.9. The molecule has 0 aromatic heterocycles. The fourth-order valence-corrected chi connectivity index (χ4v) is 3.94. The summed E-state index contributed by atoms with van der Waals surface area (Å²) in [5.41, 5.74) is 2.07. The Balaban J connectivity index is 2.31. The van der Waals surface area contributed by atoms with Gasteiger partial charge < -0.3 is 5.11 Å². The number of benzene rings is 2. The van der Waals surface area contributed by atoms with Crippen LogP contribution in [-0.2, 0) is 0 Å². The number of halogens is 3. The second-order valence-corrected chi connectivity index (χ2v) is 7.16. The number of hydrogen-bond donors (Lipinski definition) is 1. The molecule has 1 aliphatic carbocycles. The Morgan fingerprint density at radius 3 is 2.32 bits per heavy atom. The summed E-state index contributed by atoms with van der Waals surface area (Å²) in [5.74, 6) is -0.200. The van der Waals surface area contributed by atoms with Gasteiger partial charge >= 0.3 is 0 Å². The molecule has 1 N–H and O–H groups in total. The molecule has 0 unspecified atom stereocenters. The minimum absolute atomic E-state index is 0.00233. The molecule has 6 heteroatoms. The maximum atomic E-state index is 12.4. The molecule has 0 saturated carbocycles. The van der Waals surface area contributed by atoms with Crippen LogP contribution in [0.2, 0.25) is 0 Å². The summed E-state index contributed by atoms with van der Waals surface area (Å²) in [4.78, 5) is 16.9. The highest BCUT2D eigenvalue weighted by atomic mass is 79.9. The monoisotopic (exact) mass is 483 g/mol. The van der Waals surface area contributed by atoms with Gasteiger partial charge in [0.2, 0.25) is 5.78 Å². The normalized spacial score (nSPS) is 15.7. The number of aliphatic imine (C=N–C) groups is 1. The maximum Gasteiger partial charge on any atom is 0.201 e. The quantitative estimate of drug-likeness (QED) is 0.578. The van der Waals surface area contributed by atoms with Gasteiger partial charge in [-0.1, -0.05) is 18.2 Å². The molecule has 0 heterocycles. The van der Waals surface area contributed by atoms with E-state index < -0.39 is 0 Å². The SMILES string of the molecule is O=C1C(Br)=CC(=Nc2ccccc2)c2c(O)c(Br)cc(Br)c21. The van der Waals surface area contributed by atoms with Crippen molar-refractivity contribution in [3.05, 3.63) is 67.0 Å². The number of aromatic hydroxyl groups is 1. The number of hydrogen-bond acceptors (Lipinski definition) is 3. The third-order valence-electron chi connectivity index (χ3n) is 3.17. The predicted molar refractivity (Wildman–Crippen MR) is 97.5 cm³/mol. The van der Waals surface area contributed by atoms with E-state index in [1.54, 1.807) is 12.1 Å². The van der Waals surface area contributed by atoms with Crippen LogP contribution >= 0.6 is 47.8 Å². The van der Waals surface area contributed by atoms with Gasteiger partial charge in [-0.3, -0.25) is 4.79 Å². The molecule has 3 rings (SSSR count). The van der Waals surface area contributed by atoms with Gasteiger partial charge in [-0.15, -0.1) is 0 Å². The Kier molecular flexibility index (Phi) is 4.34. The first kappa shape index (κ1) is 15.6. The van der Waals surface area contributed by atoms with Crippen LogP contribution in [0.15, 0.2) is 60.9 Å². The maximum absolute atomic E-state index is 12.4. The van der Waals surface area contributed by atoms with Crippen LogP contribution < -0.4 is 0 Å². The molecule has 2 aromatic carbocycles. The van der Waals surface area contributed by atoms with E-state index in [1.165, 1.54) is 0 Å². The molecule has 0 fully saturated rings. The summed E-state index contributed by atoms with van der Waals surface area (Å²) in [7, 11) is 0. The number of carbonyl (C=O) groups excluding carboxylic acids is 1. The smallest absolute Gasteiger partial charge is 0.201 e. The van der Waals surface area contributed by atoms with Gasteiger partial charge in [-0.25, -0.2) is 4.99 Å². The molecule has 0 spiro atoms. The molecule has 0 radical (unpaired) electrons. The number of ketones is 1. The number of allylic oxidation sites excluding steroid dienone is 2.